The number of alkyl halides is 1. The van der Waals surface area contributed by atoms with E-state index in [4.69, 9.17) is 16.3 Å². The molecule has 1 aliphatic heterocycles. The fraction of sp³-hybridized carbons (Fsp3) is 0.480. The van der Waals surface area contributed by atoms with E-state index in [1.807, 2.05) is 36.4 Å². The predicted molar refractivity (Wildman–Crippen MR) is 130 cm³/mol. The third-order valence-corrected chi connectivity index (χ3v) is 6.12. The van der Waals surface area contributed by atoms with E-state index in [0.717, 1.165) is 11.1 Å². The topological polar surface area (TPSA) is 94.1 Å². The largest absolute Gasteiger partial charge is 0.494 e. The Kier molecular flexibility index (Phi) is 10.4. The monoisotopic (exact) mass is 493 g/mol. The van der Waals surface area contributed by atoms with Gasteiger partial charge in [0, 0.05) is 24.7 Å². The molecule has 1 heterocycles. The Balaban J connectivity index is 1.66. The molecule has 1 aliphatic rings. The fourth-order valence-corrected chi connectivity index (χ4v) is 4.22. The predicted octanol–water partition coefficient (Wildman–Crippen LogP) is 3.44. The molecule has 2 amide bonds. The fourth-order valence-electron chi connectivity index (χ4n) is 4.09. The van der Waals surface area contributed by atoms with E-state index in [2.05, 4.69) is 15.5 Å². The van der Waals surface area contributed by atoms with Crippen molar-refractivity contribution >= 4 is 17.6 Å². The highest BCUT2D eigenvalue weighted by Crippen LogP contribution is 2.30. The summed E-state index contributed by atoms with van der Waals surface area (Å²) in [5, 5.41) is 26.6. The number of β-amino-alcohol motifs (C(OH)–C–C–N with tert-alkyl or cyclic N) is 1. The lowest BCUT2D eigenvalue weighted by Gasteiger charge is -2.34. The summed E-state index contributed by atoms with van der Waals surface area (Å²) < 4.78 is 17.9. The van der Waals surface area contributed by atoms with Gasteiger partial charge in [0.1, 0.15) is 5.75 Å². The standard InChI is InChI=1S/C25H33ClFN3O4/c26-20-7-3-18(4-8-20)15-28-25(33)29-23(17-31)24(30-13-11-21(32)16-30)19-5-9-22(10-6-19)34-14-2-1-12-27/h3-10,21,23-24,31-32H,1-2,11-17H2,(H2,28,29,33)/t21-,23+,24?/m1/s1. The van der Waals surface area contributed by atoms with Gasteiger partial charge in [-0.2, -0.15) is 0 Å². The van der Waals surface area contributed by atoms with E-state index < -0.39 is 18.2 Å². The van der Waals surface area contributed by atoms with Gasteiger partial charge in [0.25, 0.3) is 0 Å². The molecule has 1 saturated heterocycles. The van der Waals surface area contributed by atoms with Gasteiger partial charge in [-0.05, 0) is 54.7 Å². The highest BCUT2D eigenvalue weighted by atomic mass is 35.5. The quantitative estimate of drug-likeness (QED) is 0.340. The Hall–Kier alpha value is -2.39. The second-order valence-electron chi connectivity index (χ2n) is 8.44. The van der Waals surface area contributed by atoms with Crippen LogP contribution in [0.2, 0.25) is 5.02 Å². The molecular formula is C25H33ClFN3O4. The molecule has 2 aromatic rings. The summed E-state index contributed by atoms with van der Waals surface area (Å²) >= 11 is 5.90. The molecule has 186 valence electrons. The van der Waals surface area contributed by atoms with Crippen LogP contribution in [-0.4, -0.2) is 66.3 Å². The minimum atomic E-state index is -0.591. The Labute approximate surface area is 204 Å². The number of carbonyl (C=O) groups is 1. The molecule has 0 spiro atoms. The third-order valence-electron chi connectivity index (χ3n) is 5.87. The number of benzene rings is 2. The minimum Gasteiger partial charge on any atom is -0.494 e. The lowest BCUT2D eigenvalue weighted by atomic mass is 9.98. The molecule has 0 aromatic heterocycles. The minimum absolute atomic E-state index is 0.271. The number of nitrogens with one attached hydrogen (secondary N) is 2. The molecule has 7 nitrogen and oxygen atoms in total. The average Bonchev–Trinajstić information content (AvgIpc) is 3.27. The normalized spacial score (nSPS) is 17.8. The van der Waals surface area contributed by atoms with E-state index in [-0.39, 0.29) is 19.3 Å². The molecule has 1 fully saturated rings. The lowest BCUT2D eigenvalue weighted by Crippen LogP contribution is -2.50. The van der Waals surface area contributed by atoms with Crippen molar-refractivity contribution in [2.45, 2.75) is 44.0 Å². The molecule has 0 bridgehead atoms. The van der Waals surface area contributed by atoms with E-state index in [1.54, 1.807) is 12.1 Å². The Morgan fingerprint density at radius 3 is 2.53 bits per heavy atom. The Bertz CT molecular complexity index is 885. The van der Waals surface area contributed by atoms with E-state index >= 15 is 0 Å². The highest BCUT2D eigenvalue weighted by Gasteiger charge is 2.34. The van der Waals surface area contributed by atoms with E-state index in [0.29, 0.717) is 56.3 Å². The Morgan fingerprint density at radius 2 is 1.91 bits per heavy atom. The van der Waals surface area contributed by atoms with Crippen LogP contribution in [-0.2, 0) is 6.54 Å². The van der Waals surface area contributed by atoms with Crippen LogP contribution in [0.25, 0.3) is 0 Å². The zero-order valence-corrected chi connectivity index (χ0v) is 19.9. The molecule has 3 rings (SSSR count). The van der Waals surface area contributed by atoms with Crippen molar-refractivity contribution in [3.05, 3.63) is 64.7 Å². The van der Waals surface area contributed by atoms with Gasteiger partial charge >= 0.3 is 6.03 Å². The summed E-state index contributed by atoms with van der Waals surface area (Å²) in [7, 11) is 0. The maximum absolute atomic E-state index is 12.6. The van der Waals surface area contributed by atoms with Crippen LogP contribution >= 0.6 is 11.6 Å². The summed E-state index contributed by atoms with van der Waals surface area (Å²) in [6.07, 6.45) is 1.31. The molecule has 0 saturated carbocycles. The Morgan fingerprint density at radius 1 is 1.18 bits per heavy atom. The summed E-state index contributed by atoms with van der Waals surface area (Å²) in [5.41, 5.74) is 1.80. The number of hydrogen-bond acceptors (Lipinski definition) is 5. The molecule has 0 radical (unpaired) electrons. The van der Waals surface area contributed by atoms with Crippen molar-refractivity contribution in [2.24, 2.45) is 0 Å². The number of halogens is 2. The zero-order valence-electron chi connectivity index (χ0n) is 19.1. The highest BCUT2D eigenvalue weighted by molar-refractivity contribution is 6.30. The van der Waals surface area contributed by atoms with Gasteiger partial charge in [-0.1, -0.05) is 35.9 Å². The summed E-state index contributed by atoms with van der Waals surface area (Å²) in [4.78, 5) is 14.7. The maximum Gasteiger partial charge on any atom is 0.315 e. The molecule has 3 atom stereocenters. The van der Waals surface area contributed by atoms with Crippen molar-refractivity contribution < 1.29 is 24.1 Å². The van der Waals surface area contributed by atoms with Crippen LogP contribution in [0.1, 0.15) is 36.4 Å². The number of likely N-dealkylation sites (tertiary alicyclic amines) is 1. The van der Waals surface area contributed by atoms with E-state index in [1.165, 1.54) is 0 Å². The second-order valence-corrected chi connectivity index (χ2v) is 8.87. The number of hydrogen-bond donors (Lipinski definition) is 4. The first-order valence-electron chi connectivity index (χ1n) is 11.6. The first-order chi connectivity index (χ1) is 16.5. The van der Waals surface area contributed by atoms with Crippen LogP contribution < -0.4 is 15.4 Å². The van der Waals surface area contributed by atoms with Gasteiger partial charge in [0.2, 0.25) is 0 Å². The van der Waals surface area contributed by atoms with E-state index in [9.17, 15) is 19.4 Å². The number of unbranched alkanes of at least 4 members (excludes halogenated alkanes) is 1. The van der Waals surface area contributed by atoms with Gasteiger partial charge in [-0.25, -0.2) is 4.79 Å². The molecule has 9 heteroatoms. The lowest BCUT2D eigenvalue weighted by molar-refractivity contribution is 0.118. The first kappa shape index (κ1) is 26.2. The van der Waals surface area contributed by atoms with Crippen LogP contribution in [0.3, 0.4) is 0 Å². The maximum atomic E-state index is 12.6. The molecular weight excluding hydrogens is 461 g/mol. The SMILES string of the molecule is O=C(NCc1ccc(Cl)cc1)N[C@@H](CO)C(c1ccc(OCCCCF)cc1)N1CC[C@@H](O)C1. The van der Waals surface area contributed by atoms with Crippen LogP contribution in [0.15, 0.2) is 48.5 Å². The van der Waals surface area contributed by atoms with Gasteiger partial charge in [-0.3, -0.25) is 9.29 Å². The zero-order chi connectivity index (χ0) is 24.3. The third kappa shape index (κ3) is 7.84. The van der Waals surface area contributed by atoms with Crippen LogP contribution in [0, 0.1) is 0 Å². The first-order valence-corrected chi connectivity index (χ1v) is 12.0. The summed E-state index contributed by atoms with van der Waals surface area (Å²) in [6.45, 7) is 1.25. The second kappa shape index (κ2) is 13.5. The molecule has 4 N–H and O–H groups in total. The molecule has 1 unspecified atom stereocenters. The molecule has 2 aromatic carbocycles. The van der Waals surface area contributed by atoms with Crippen LogP contribution in [0.5, 0.6) is 5.75 Å². The number of amides is 2. The van der Waals surface area contributed by atoms with Gasteiger partial charge in [-0.15, -0.1) is 0 Å². The van der Waals surface area contributed by atoms with Crippen molar-refractivity contribution in [2.75, 3.05) is 33.0 Å². The summed E-state index contributed by atoms with van der Waals surface area (Å²) in [6, 6.07) is 13.3. The number of nitrogens with zero attached hydrogens (tertiary/aromatic N) is 1. The van der Waals surface area contributed by atoms with Crippen molar-refractivity contribution in [1.82, 2.24) is 15.5 Å². The molecule has 0 aliphatic carbocycles. The van der Waals surface area contributed by atoms with Crippen LogP contribution in [0.4, 0.5) is 9.18 Å². The number of rotatable bonds is 12. The number of aliphatic hydroxyl groups is 2. The smallest absolute Gasteiger partial charge is 0.315 e. The van der Waals surface area contributed by atoms with Crippen molar-refractivity contribution in [3.8, 4) is 5.75 Å². The average molecular weight is 494 g/mol. The van der Waals surface area contributed by atoms with Gasteiger partial charge in [0.05, 0.1) is 38.1 Å². The number of urea groups is 1. The van der Waals surface area contributed by atoms with Crippen molar-refractivity contribution in [3.63, 3.8) is 0 Å². The number of carbonyl (C=O) groups excluding carboxylic acids is 1. The number of aliphatic hydroxyl groups excluding tert-OH is 2. The van der Waals surface area contributed by atoms with Crippen molar-refractivity contribution in [1.29, 1.82) is 0 Å². The number of ether oxygens (including phenoxy) is 1. The van der Waals surface area contributed by atoms with Gasteiger partial charge in [0.15, 0.2) is 0 Å². The summed E-state index contributed by atoms with van der Waals surface area (Å²) in [5.74, 6) is 0.678. The molecule has 34 heavy (non-hydrogen) atoms. The van der Waals surface area contributed by atoms with Gasteiger partial charge < -0.3 is 25.6 Å².